The van der Waals surface area contributed by atoms with Crippen LogP contribution in [-0.2, 0) is 6.42 Å². The highest BCUT2D eigenvalue weighted by Gasteiger charge is 2.28. The number of hydrogen-bond acceptors (Lipinski definition) is 6. The molecule has 1 aliphatic heterocycles. The number of hydrogen-bond donors (Lipinski definition) is 1. The van der Waals surface area contributed by atoms with Crippen LogP contribution in [0.4, 0.5) is 18.9 Å². The predicted octanol–water partition coefficient (Wildman–Crippen LogP) is 3.78. The predicted molar refractivity (Wildman–Crippen MR) is 109 cm³/mol. The van der Waals surface area contributed by atoms with Gasteiger partial charge in [-0.05, 0) is 24.6 Å². The standard InChI is InChI=1S/C21H19F3N4OS/c22-13-5-7-28(10-16(13)25)18-4-6-26-9-12(18)8-19(29)17-11-30-21(27-17)20-14(23)2-1-3-15(20)24/h1-4,6,9,11,13,16H,5,7-8,10,25H2/t13-,16-/m0/s1. The number of nitrogens with zero attached hydrogens (tertiary/aromatic N) is 3. The minimum absolute atomic E-state index is 0.0108. The molecule has 0 aliphatic carbocycles. The molecule has 0 saturated carbocycles. The lowest BCUT2D eigenvalue weighted by Gasteiger charge is -2.35. The van der Waals surface area contributed by atoms with Crippen LogP contribution >= 0.6 is 11.3 Å². The molecule has 5 nitrogen and oxygen atoms in total. The van der Waals surface area contributed by atoms with Gasteiger partial charge in [0.25, 0.3) is 0 Å². The third kappa shape index (κ3) is 4.08. The van der Waals surface area contributed by atoms with E-state index in [1.165, 1.54) is 11.4 Å². The first-order valence-electron chi connectivity index (χ1n) is 9.44. The lowest BCUT2D eigenvalue weighted by Crippen LogP contribution is -2.50. The normalized spacial score (nSPS) is 19.1. The molecule has 1 saturated heterocycles. The molecule has 0 bridgehead atoms. The van der Waals surface area contributed by atoms with Crippen molar-refractivity contribution in [2.75, 3.05) is 18.0 Å². The number of pyridine rings is 1. The number of nitrogens with two attached hydrogens (primary N) is 1. The van der Waals surface area contributed by atoms with Gasteiger partial charge in [0.05, 0.1) is 11.6 Å². The molecule has 0 spiro atoms. The molecule has 1 fully saturated rings. The minimum Gasteiger partial charge on any atom is -0.369 e. The molecule has 3 aromatic rings. The van der Waals surface area contributed by atoms with E-state index in [9.17, 15) is 18.0 Å². The Kier molecular flexibility index (Phi) is 5.83. The third-order valence-corrected chi connectivity index (χ3v) is 5.97. The summed E-state index contributed by atoms with van der Waals surface area (Å²) in [5.74, 6) is -1.76. The molecule has 1 aromatic carbocycles. The van der Waals surface area contributed by atoms with Crippen LogP contribution in [0.3, 0.4) is 0 Å². The first-order chi connectivity index (χ1) is 14.4. The number of aromatic nitrogens is 2. The number of rotatable bonds is 5. The summed E-state index contributed by atoms with van der Waals surface area (Å²) in [4.78, 5) is 23.0. The van der Waals surface area contributed by atoms with Gasteiger partial charge in [-0.25, -0.2) is 18.2 Å². The van der Waals surface area contributed by atoms with Crippen molar-refractivity contribution in [3.05, 3.63) is 64.9 Å². The monoisotopic (exact) mass is 432 g/mol. The van der Waals surface area contributed by atoms with Gasteiger partial charge >= 0.3 is 0 Å². The lowest BCUT2D eigenvalue weighted by atomic mass is 10.0. The topological polar surface area (TPSA) is 72.1 Å². The fourth-order valence-electron chi connectivity index (χ4n) is 3.52. The maximum Gasteiger partial charge on any atom is 0.186 e. The van der Waals surface area contributed by atoms with E-state index in [4.69, 9.17) is 5.73 Å². The van der Waals surface area contributed by atoms with E-state index in [0.29, 0.717) is 25.1 Å². The van der Waals surface area contributed by atoms with Gasteiger partial charge in [0.15, 0.2) is 5.78 Å². The molecule has 2 aromatic heterocycles. The molecular formula is C21H19F3N4OS. The van der Waals surface area contributed by atoms with Crippen molar-refractivity contribution in [2.24, 2.45) is 5.73 Å². The Bertz CT molecular complexity index is 1050. The third-order valence-electron chi connectivity index (χ3n) is 5.11. The van der Waals surface area contributed by atoms with Crippen LogP contribution in [0.15, 0.2) is 42.0 Å². The largest absolute Gasteiger partial charge is 0.369 e. The highest BCUT2D eigenvalue weighted by atomic mass is 32.1. The van der Waals surface area contributed by atoms with Crippen molar-refractivity contribution in [1.29, 1.82) is 0 Å². The van der Waals surface area contributed by atoms with Crippen LogP contribution in [0.5, 0.6) is 0 Å². The van der Waals surface area contributed by atoms with E-state index in [-0.39, 0.29) is 28.5 Å². The second-order valence-electron chi connectivity index (χ2n) is 7.15. The number of ketones is 1. The summed E-state index contributed by atoms with van der Waals surface area (Å²) in [5, 5.41) is 1.60. The number of anilines is 1. The smallest absolute Gasteiger partial charge is 0.186 e. The van der Waals surface area contributed by atoms with Gasteiger partial charge in [0, 0.05) is 48.5 Å². The number of benzene rings is 1. The molecule has 0 amide bonds. The summed E-state index contributed by atoms with van der Waals surface area (Å²) in [6.45, 7) is 0.841. The van der Waals surface area contributed by atoms with Crippen LogP contribution in [0.2, 0.25) is 0 Å². The van der Waals surface area contributed by atoms with Crippen LogP contribution < -0.4 is 10.6 Å². The van der Waals surface area contributed by atoms with Gasteiger partial charge in [-0.15, -0.1) is 11.3 Å². The zero-order chi connectivity index (χ0) is 21.3. The number of carbonyl (C=O) groups excluding carboxylic acids is 1. The lowest BCUT2D eigenvalue weighted by molar-refractivity contribution is 0.0989. The van der Waals surface area contributed by atoms with Crippen molar-refractivity contribution < 1.29 is 18.0 Å². The first-order valence-corrected chi connectivity index (χ1v) is 10.3. The maximum absolute atomic E-state index is 14.0. The van der Waals surface area contributed by atoms with Gasteiger partial charge < -0.3 is 10.6 Å². The van der Waals surface area contributed by atoms with Gasteiger partial charge in [-0.2, -0.15) is 0 Å². The SMILES string of the molecule is N[C@H]1CN(c2ccncc2CC(=O)c2csc(-c3c(F)cccc3F)n2)CC[C@@H]1F. The Morgan fingerprint density at radius 2 is 2.03 bits per heavy atom. The van der Waals surface area contributed by atoms with Crippen LogP contribution in [-0.4, -0.2) is 41.1 Å². The van der Waals surface area contributed by atoms with E-state index >= 15 is 0 Å². The summed E-state index contributed by atoms with van der Waals surface area (Å²) in [6, 6.07) is 4.75. The number of thiazole rings is 1. The van der Waals surface area contributed by atoms with Crippen LogP contribution in [0.25, 0.3) is 10.6 Å². The fourth-order valence-corrected chi connectivity index (χ4v) is 4.39. The van der Waals surface area contributed by atoms with Gasteiger partial charge in [-0.1, -0.05) is 6.07 Å². The number of alkyl halides is 1. The van der Waals surface area contributed by atoms with Crippen molar-refractivity contribution >= 4 is 22.8 Å². The molecular weight excluding hydrogens is 413 g/mol. The summed E-state index contributed by atoms with van der Waals surface area (Å²) >= 11 is 1.01. The van der Waals surface area contributed by atoms with Crippen molar-refractivity contribution in [2.45, 2.75) is 25.1 Å². The average Bonchev–Trinajstić information content (AvgIpc) is 3.20. The molecule has 30 heavy (non-hydrogen) atoms. The molecule has 2 atom stereocenters. The number of carbonyl (C=O) groups is 1. The quantitative estimate of drug-likeness (QED) is 0.622. The van der Waals surface area contributed by atoms with Gasteiger partial charge in [0.1, 0.15) is 28.5 Å². The summed E-state index contributed by atoms with van der Waals surface area (Å²) in [6.07, 6.45) is 2.49. The highest BCUT2D eigenvalue weighted by Crippen LogP contribution is 2.30. The molecule has 9 heteroatoms. The number of piperidine rings is 1. The van der Waals surface area contributed by atoms with E-state index in [0.717, 1.165) is 29.2 Å². The van der Waals surface area contributed by atoms with E-state index in [2.05, 4.69) is 9.97 Å². The Morgan fingerprint density at radius 1 is 1.27 bits per heavy atom. The van der Waals surface area contributed by atoms with Gasteiger partial charge in [0.2, 0.25) is 0 Å². The number of Topliss-reactive ketones (excluding diaryl/α,β-unsaturated/α-hetero) is 1. The van der Waals surface area contributed by atoms with Crippen molar-refractivity contribution in [3.63, 3.8) is 0 Å². The van der Waals surface area contributed by atoms with Crippen LogP contribution in [0.1, 0.15) is 22.5 Å². The summed E-state index contributed by atoms with van der Waals surface area (Å²) in [5.41, 5.74) is 7.19. The fraction of sp³-hybridized carbons (Fsp3) is 0.286. The summed E-state index contributed by atoms with van der Waals surface area (Å²) < 4.78 is 41.7. The Morgan fingerprint density at radius 3 is 2.77 bits per heavy atom. The second kappa shape index (κ2) is 8.53. The summed E-state index contributed by atoms with van der Waals surface area (Å²) in [7, 11) is 0. The number of halogens is 3. The van der Waals surface area contributed by atoms with Crippen LogP contribution in [0, 0.1) is 11.6 Å². The zero-order valence-electron chi connectivity index (χ0n) is 15.9. The molecule has 2 N–H and O–H groups in total. The molecule has 3 heterocycles. The molecule has 0 unspecified atom stereocenters. The molecule has 1 aliphatic rings. The molecule has 0 radical (unpaired) electrons. The Balaban J connectivity index is 1.55. The van der Waals surface area contributed by atoms with E-state index in [1.807, 2.05) is 4.90 Å². The Labute approximate surface area is 175 Å². The van der Waals surface area contributed by atoms with Crippen molar-refractivity contribution in [3.8, 4) is 10.6 Å². The molecule has 156 valence electrons. The van der Waals surface area contributed by atoms with Crippen molar-refractivity contribution in [1.82, 2.24) is 9.97 Å². The average molecular weight is 432 g/mol. The van der Waals surface area contributed by atoms with Gasteiger partial charge in [-0.3, -0.25) is 9.78 Å². The zero-order valence-corrected chi connectivity index (χ0v) is 16.7. The highest BCUT2D eigenvalue weighted by molar-refractivity contribution is 7.13. The molecule has 4 rings (SSSR count). The first kappa shape index (κ1) is 20.5. The maximum atomic E-state index is 14.0. The van der Waals surface area contributed by atoms with E-state index in [1.54, 1.807) is 18.5 Å². The second-order valence-corrected chi connectivity index (χ2v) is 8.01. The minimum atomic E-state index is -1.04. The Hall–Kier alpha value is -2.78. The van der Waals surface area contributed by atoms with E-state index < -0.39 is 23.8 Å².